The summed E-state index contributed by atoms with van der Waals surface area (Å²) in [6.45, 7) is -0.221. The van der Waals surface area contributed by atoms with Crippen LogP contribution in [0, 0.1) is 11.3 Å². The van der Waals surface area contributed by atoms with Crippen LogP contribution in [0.1, 0.15) is 0 Å². The predicted molar refractivity (Wildman–Crippen MR) is 52.2 cm³/mol. The molecule has 0 spiro atoms. The standard InChI is InChI=1S/C10H8F2N2O2/c11-9(12)10(15)14-7-3-1-2-4-8(7)16-6-5-13/h1-4,9H,6H2,(H,14,15). The Hall–Kier alpha value is -2.16. The molecule has 0 aliphatic rings. The minimum Gasteiger partial charge on any atom is -0.477 e. The predicted octanol–water partition coefficient (Wildman–Crippen LogP) is 1.79. The van der Waals surface area contributed by atoms with Gasteiger partial charge in [0.2, 0.25) is 0 Å². The molecule has 1 rings (SSSR count). The molecule has 4 nitrogen and oxygen atoms in total. The summed E-state index contributed by atoms with van der Waals surface area (Å²) < 4.78 is 28.9. The molecule has 0 heterocycles. The second-order valence-corrected chi connectivity index (χ2v) is 2.73. The van der Waals surface area contributed by atoms with Crippen molar-refractivity contribution >= 4 is 11.6 Å². The summed E-state index contributed by atoms with van der Waals surface area (Å²) in [5.41, 5.74) is 0.114. The summed E-state index contributed by atoms with van der Waals surface area (Å²) in [5, 5.41) is 10.3. The van der Waals surface area contributed by atoms with Crippen LogP contribution in [0.3, 0.4) is 0 Å². The fraction of sp³-hybridized carbons (Fsp3) is 0.200. The Balaban J connectivity index is 2.79. The number of nitrogens with one attached hydrogen (secondary N) is 1. The highest BCUT2D eigenvalue weighted by atomic mass is 19.3. The molecule has 0 fully saturated rings. The number of rotatable bonds is 4. The number of ether oxygens (including phenoxy) is 1. The first-order chi connectivity index (χ1) is 7.65. The van der Waals surface area contributed by atoms with Crippen LogP contribution in [0.15, 0.2) is 24.3 Å². The number of hydrogen-bond acceptors (Lipinski definition) is 3. The van der Waals surface area contributed by atoms with Crippen LogP contribution in [0.4, 0.5) is 14.5 Å². The van der Waals surface area contributed by atoms with Gasteiger partial charge in [0.1, 0.15) is 11.8 Å². The second-order valence-electron chi connectivity index (χ2n) is 2.73. The lowest BCUT2D eigenvalue weighted by atomic mass is 10.3. The quantitative estimate of drug-likeness (QED) is 0.851. The van der Waals surface area contributed by atoms with Gasteiger partial charge in [-0.3, -0.25) is 4.79 Å². The lowest BCUT2D eigenvalue weighted by Crippen LogP contribution is -2.20. The van der Waals surface area contributed by atoms with Gasteiger partial charge in [0.25, 0.3) is 5.91 Å². The largest absolute Gasteiger partial charge is 0.477 e. The first-order valence-electron chi connectivity index (χ1n) is 4.33. The van der Waals surface area contributed by atoms with Crippen LogP contribution >= 0.6 is 0 Å². The monoisotopic (exact) mass is 226 g/mol. The number of amides is 1. The van der Waals surface area contributed by atoms with E-state index in [4.69, 9.17) is 10.00 Å². The third-order valence-corrected chi connectivity index (χ3v) is 1.64. The summed E-state index contributed by atoms with van der Waals surface area (Å²) >= 11 is 0. The van der Waals surface area contributed by atoms with Crippen LogP contribution in [0.5, 0.6) is 5.75 Å². The molecule has 1 N–H and O–H groups in total. The molecule has 1 amide bonds. The summed E-state index contributed by atoms with van der Waals surface area (Å²) in [6.07, 6.45) is -3.09. The summed E-state index contributed by atoms with van der Waals surface area (Å²) in [7, 11) is 0. The third-order valence-electron chi connectivity index (χ3n) is 1.64. The molecule has 84 valence electrons. The molecule has 0 aliphatic carbocycles. The van der Waals surface area contributed by atoms with E-state index in [0.29, 0.717) is 0 Å². The fourth-order valence-corrected chi connectivity index (χ4v) is 0.993. The summed E-state index contributed by atoms with van der Waals surface area (Å²) in [5.74, 6) is -1.23. The topological polar surface area (TPSA) is 62.1 Å². The number of para-hydroxylation sites is 2. The minimum atomic E-state index is -3.09. The van der Waals surface area contributed by atoms with Crippen molar-refractivity contribution in [2.24, 2.45) is 0 Å². The van der Waals surface area contributed by atoms with Crippen LogP contribution in [0.25, 0.3) is 0 Å². The first-order valence-corrected chi connectivity index (χ1v) is 4.33. The molecule has 16 heavy (non-hydrogen) atoms. The molecule has 1 aromatic carbocycles. The molecule has 0 bridgehead atoms. The minimum absolute atomic E-state index is 0.114. The number of nitriles is 1. The van der Waals surface area contributed by atoms with Crippen LogP contribution in [0.2, 0.25) is 0 Å². The van der Waals surface area contributed by atoms with E-state index in [2.05, 4.69) is 0 Å². The zero-order valence-corrected chi connectivity index (χ0v) is 8.11. The number of hydrogen-bond donors (Lipinski definition) is 1. The number of carbonyl (C=O) groups is 1. The Morgan fingerprint density at radius 2 is 2.19 bits per heavy atom. The van der Waals surface area contributed by atoms with Crippen molar-refractivity contribution in [2.75, 3.05) is 11.9 Å². The average Bonchev–Trinajstić information content (AvgIpc) is 2.27. The van der Waals surface area contributed by atoms with Crippen LogP contribution in [-0.2, 0) is 4.79 Å². The molecule has 1 aromatic rings. The number of benzene rings is 1. The van der Waals surface area contributed by atoms with Gasteiger partial charge in [-0.05, 0) is 12.1 Å². The molecular formula is C10H8F2N2O2. The average molecular weight is 226 g/mol. The van der Waals surface area contributed by atoms with E-state index in [1.165, 1.54) is 12.1 Å². The third kappa shape index (κ3) is 3.20. The van der Waals surface area contributed by atoms with E-state index < -0.39 is 12.3 Å². The van der Waals surface area contributed by atoms with Gasteiger partial charge in [-0.25, -0.2) is 0 Å². The number of nitrogens with zero attached hydrogens (tertiary/aromatic N) is 1. The number of halogens is 2. The molecule has 0 aliphatic heterocycles. The van der Waals surface area contributed by atoms with Crippen molar-refractivity contribution in [2.45, 2.75) is 6.43 Å². The molecule has 0 radical (unpaired) electrons. The Labute approximate surface area is 90.4 Å². The van der Waals surface area contributed by atoms with Crippen LogP contribution in [-0.4, -0.2) is 18.9 Å². The van der Waals surface area contributed by atoms with Crippen molar-refractivity contribution in [3.63, 3.8) is 0 Å². The van der Waals surface area contributed by atoms with E-state index in [1.807, 2.05) is 5.32 Å². The van der Waals surface area contributed by atoms with Crippen molar-refractivity contribution in [3.05, 3.63) is 24.3 Å². The molecule has 0 aromatic heterocycles. The fourth-order valence-electron chi connectivity index (χ4n) is 0.993. The van der Waals surface area contributed by atoms with Gasteiger partial charge in [-0.1, -0.05) is 12.1 Å². The SMILES string of the molecule is N#CCOc1ccccc1NC(=O)C(F)F. The van der Waals surface area contributed by atoms with Gasteiger partial charge in [0.05, 0.1) is 5.69 Å². The van der Waals surface area contributed by atoms with Crippen molar-refractivity contribution in [1.29, 1.82) is 5.26 Å². The van der Waals surface area contributed by atoms with E-state index in [-0.39, 0.29) is 18.0 Å². The van der Waals surface area contributed by atoms with Gasteiger partial charge in [-0.15, -0.1) is 0 Å². The van der Waals surface area contributed by atoms with E-state index in [9.17, 15) is 13.6 Å². The molecule has 6 heteroatoms. The Morgan fingerprint density at radius 1 is 1.50 bits per heavy atom. The number of anilines is 1. The molecule has 0 atom stereocenters. The lowest BCUT2D eigenvalue weighted by Gasteiger charge is -2.09. The highest BCUT2D eigenvalue weighted by Crippen LogP contribution is 2.23. The smallest absolute Gasteiger partial charge is 0.315 e. The Morgan fingerprint density at radius 3 is 2.81 bits per heavy atom. The highest BCUT2D eigenvalue weighted by molar-refractivity contribution is 5.94. The second kappa shape index (κ2) is 5.66. The van der Waals surface area contributed by atoms with Crippen LogP contribution < -0.4 is 10.1 Å². The zero-order chi connectivity index (χ0) is 12.0. The van der Waals surface area contributed by atoms with Gasteiger partial charge >= 0.3 is 6.43 Å². The van der Waals surface area contributed by atoms with Crippen molar-refractivity contribution in [3.8, 4) is 11.8 Å². The highest BCUT2D eigenvalue weighted by Gasteiger charge is 2.16. The molecule has 0 unspecified atom stereocenters. The van der Waals surface area contributed by atoms with E-state index in [0.717, 1.165) is 0 Å². The van der Waals surface area contributed by atoms with Gasteiger partial charge in [0, 0.05) is 0 Å². The number of carbonyl (C=O) groups excluding carboxylic acids is 1. The van der Waals surface area contributed by atoms with Crippen molar-refractivity contribution in [1.82, 2.24) is 0 Å². The summed E-state index contributed by atoms with van der Waals surface area (Å²) in [4.78, 5) is 10.8. The van der Waals surface area contributed by atoms with Gasteiger partial charge in [-0.2, -0.15) is 14.0 Å². The Kier molecular flexibility index (Phi) is 4.21. The lowest BCUT2D eigenvalue weighted by molar-refractivity contribution is -0.126. The molecular weight excluding hydrogens is 218 g/mol. The first kappa shape index (κ1) is 11.9. The van der Waals surface area contributed by atoms with E-state index >= 15 is 0 Å². The molecule has 0 saturated heterocycles. The zero-order valence-electron chi connectivity index (χ0n) is 8.11. The molecule has 0 saturated carbocycles. The van der Waals surface area contributed by atoms with Crippen molar-refractivity contribution < 1.29 is 18.3 Å². The summed E-state index contributed by atoms with van der Waals surface area (Å²) in [6, 6.07) is 7.77. The normalized spacial score (nSPS) is 9.62. The number of alkyl halides is 2. The Bertz CT molecular complexity index is 416. The maximum atomic E-state index is 12.0. The van der Waals surface area contributed by atoms with Gasteiger partial charge < -0.3 is 10.1 Å². The maximum absolute atomic E-state index is 12.0. The van der Waals surface area contributed by atoms with E-state index in [1.54, 1.807) is 18.2 Å². The van der Waals surface area contributed by atoms with Gasteiger partial charge in [0.15, 0.2) is 6.61 Å². The maximum Gasteiger partial charge on any atom is 0.315 e.